The van der Waals surface area contributed by atoms with Crippen LogP contribution < -0.4 is 9.62 Å². The summed E-state index contributed by atoms with van der Waals surface area (Å²) in [5.41, 5.74) is 1.39. The summed E-state index contributed by atoms with van der Waals surface area (Å²) in [5.74, 6) is -0.422. The Labute approximate surface area is 245 Å². The third kappa shape index (κ3) is 5.80. The number of hydrogen-bond acceptors (Lipinski definition) is 4. The second-order valence-electron chi connectivity index (χ2n) is 10.6. The van der Waals surface area contributed by atoms with Crippen LogP contribution >= 0.6 is 23.2 Å². The molecule has 2 amide bonds. The molecule has 1 unspecified atom stereocenters. The zero-order valence-corrected chi connectivity index (χ0v) is 24.7. The first-order chi connectivity index (χ1) is 19.2. The van der Waals surface area contributed by atoms with E-state index in [4.69, 9.17) is 23.2 Å². The van der Waals surface area contributed by atoms with Crippen molar-refractivity contribution in [1.29, 1.82) is 0 Å². The van der Waals surface area contributed by atoms with Gasteiger partial charge in [0.05, 0.1) is 20.6 Å². The van der Waals surface area contributed by atoms with E-state index < -0.39 is 16.1 Å². The second-order valence-corrected chi connectivity index (χ2v) is 13.2. The molecular weight excluding hydrogens is 569 g/mol. The molecule has 3 aromatic carbocycles. The van der Waals surface area contributed by atoms with Crippen molar-refractivity contribution in [3.63, 3.8) is 0 Å². The molecule has 40 heavy (non-hydrogen) atoms. The summed E-state index contributed by atoms with van der Waals surface area (Å²) >= 11 is 12.3. The minimum atomic E-state index is -3.70. The third-order valence-corrected chi connectivity index (χ3v) is 10.5. The highest BCUT2D eigenvalue weighted by Gasteiger charge is 2.35. The van der Waals surface area contributed by atoms with Gasteiger partial charge in [0.25, 0.3) is 10.0 Å². The molecule has 1 aliphatic carbocycles. The fourth-order valence-electron chi connectivity index (χ4n) is 5.70. The molecule has 0 bridgehead atoms. The summed E-state index contributed by atoms with van der Waals surface area (Å²) in [4.78, 5) is 28.7. The van der Waals surface area contributed by atoms with Crippen LogP contribution in [0.5, 0.6) is 0 Å². The normalized spacial score (nSPS) is 17.1. The number of hydrogen-bond donors (Lipinski definition) is 1. The zero-order valence-electron chi connectivity index (χ0n) is 22.4. The second kappa shape index (κ2) is 12.0. The Hall–Kier alpha value is -2.81. The van der Waals surface area contributed by atoms with Crippen LogP contribution in [0.3, 0.4) is 0 Å². The average molecular weight is 603 g/mol. The van der Waals surface area contributed by atoms with E-state index in [0.29, 0.717) is 32.4 Å². The SMILES string of the molecule is CC(C(=O)NC1CCCCC1)N(Cc1ccc(Cl)c(Cl)c1)C(=O)CCCN1c2cccc3cccc(c23)S1(=O)=O. The molecule has 10 heteroatoms. The number of nitrogens with zero attached hydrogens (tertiary/aromatic N) is 2. The molecular formula is C30H33Cl2N3O4S. The van der Waals surface area contributed by atoms with Gasteiger partial charge in [-0.15, -0.1) is 0 Å². The van der Waals surface area contributed by atoms with E-state index in [9.17, 15) is 18.0 Å². The van der Waals surface area contributed by atoms with Gasteiger partial charge in [0.1, 0.15) is 6.04 Å². The minimum absolute atomic E-state index is 0.0840. The van der Waals surface area contributed by atoms with E-state index >= 15 is 0 Å². The molecule has 3 aromatic rings. The quantitative estimate of drug-likeness (QED) is 0.312. The van der Waals surface area contributed by atoms with Gasteiger partial charge < -0.3 is 10.2 Å². The van der Waals surface area contributed by atoms with Gasteiger partial charge in [-0.25, -0.2) is 8.42 Å². The summed E-state index contributed by atoms with van der Waals surface area (Å²) in [6.07, 6.45) is 5.62. The van der Waals surface area contributed by atoms with Gasteiger partial charge >= 0.3 is 0 Å². The van der Waals surface area contributed by atoms with Crippen molar-refractivity contribution in [2.75, 3.05) is 10.8 Å². The van der Waals surface area contributed by atoms with Crippen molar-refractivity contribution in [2.24, 2.45) is 0 Å². The van der Waals surface area contributed by atoms with Crippen molar-refractivity contribution in [2.45, 2.75) is 75.4 Å². The molecule has 212 valence electrons. The lowest BCUT2D eigenvalue weighted by molar-refractivity contribution is -0.141. The van der Waals surface area contributed by atoms with Crippen LogP contribution in [0.4, 0.5) is 5.69 Å². The van der Waals surface area contributed by atoms with Crippen LogP contribution in [0.1, 0.15) is 57.4 Å². The smallest absolute Gasteiger partial charge is 0.265 e. The molecule has 0 aromatic heterocycles. The fourth-order valence-corrected chi connectivity index (χ4v) is 7.77. The van der Waals surface area contributed by atoms with Gasteiger partial charge in [0.2, 0.25) is 11.8 Å². The molecule has 7 nitrogen and oxygen atoms in total. The van der Waals surface area contributed by atoms with Gasteiger partial charge in [-0.2, -0.15) is 0 Å². The zero-order chi connectivity index (χ0) is 28.4. The van der Waals surface area contributed by atoms with Crippen LogP contribution in [0.15, 0.2) is 59.5 Å². The van der Waals surface area contributed by atoms with E-state index in [1.54, 1.807) is 48.2 Å². The molecule has 1 heterocycles. The van der Waals surface area contributed by atoms with Crippen molar-refractivity contribution in [3.8, 4) is 0 Å². The Kier molecular flexibility index (Phi) is 8.59. The molecule has 1 N–H and O–H groups in total. The molecule has 1 aliphatic heterocycles. The summed E-state index contributed by atoms with van der Waals surface area (Å²) in [5, 5.41) is 5.49. The average Bonchev–Trinajstić information content (AvgIpc) is 3.16. The molecule has 1 atom stereocenters. The Bertz CT molecular complexity index is 1530. The maximum atomic E-state index is 13.6. The first kappa shape index (κ1) is 28.7. The first-order valence-corrected chi connectivity index (χ1v) is 15.9. The van der Waals surface area contributed by atoms with Gasteiger partial charge in [0.15, 0.2) is 0 Å². The summed E-state index contributed by atoms with van der Waals surface area (Å²) < 4.78 is 28.0. The minimum Gasteiger partial charge on any atom is -0.352 e. The van der Waals surface area contributed by atoms with Crippen LogP contribution in [-0.2, 0) is 26.2 Å². The molecule has 1 fully saturated rings. The number of benzene rings is 3. The van der Waals surface area contributed by atoms with E-state index in [0.717, 1.165) is 36.6 Å². The van der Waals surface area contributed by atoms with Gasteiger partial charge in [0, 0.05) is 30.9 Å². The monoisotopic (exact) mass is 601 g/mol. The van der Waals surface area contributed by atoms with Gasteiger partial charge in [-0.3, -0.25) is 13.9 Å². The molecule has 0 radical (unpaired) electrons. The number of anilines is 1. The molecule has 2 aliphatic rings. The molecule has 5 rings (SSSR count). The Balaban J connectivity index is 1.30. The molecule has 0 spiro atoms. The Morgan fingerprint density at radius 3 is 2.48 bits per heavy atom. The van der Waals surface area contributed by atoms with Crippen LogP contribution in [0, 0.1) is 0 Å². The van der Waals surface area contributed by atoms with Crippen molar-refractivity contribution >= 4 is 61.5 Å². The number of amides is 2. The largest absolute Gasteiger partial charge is 0.352 e. The number of rotatable bonds is 9. The van der Waals surface area contributed by atoms with Crippen LogP contribution in [0.2, 0.25) is 10.0 Å². The number of halogens is 2. The predicted octanol–water partition coefficient (Wildman–Crippen LogP) is 6.30. The van der Waals surface area contributed by atoms with Crippen molar-refractivity contribution in [1.82, 2.24) is 10.2 Å². The predicted molar refractivity (Wildman–Crippen MR) is 159 cm³/mol. The van der Waals surface area contributed by atoms with E-state index in [1.807, 2.05) is 18.2 Å². The van der Waals surface area contributed by atoms with Crippen LogP contribution in [-0.4, -0.2) is 43.8 Å². The molecule has 0 saturated heterocycles. The maximum absolute atomic E-state index is 13.6. The van der Waals surface area contributed by atoms with E-state index in [1.165, 1.54) is 10.7 Å². The highest BCUT2D eigenvalue weighted by molar-refractivity contribution is 7.93. The summed E-state index contributed by atoms with van der Waals surface area (Å²) in [6, 6.07) is 15.4. The van der Waals surface area contributed by atoms with Gasteiger partial charge in [-0.1, -0.05) is 72.8 Å². The van der Waals surface area contributed by atoms with E-state index in [2.05, 4.69) is 5.32 Å². The maximum Gasteiger partial charge on any atom is 0.265 e. The lowest BCUT2D eigenvalue weighted by atomic mass is 9.95. The Morgan fingerprint density at radius 1 is 1.02 bits per heavy atom. The number of nitrogens with one attached hydrogen (secondary N) is 1. The lowest BCUT2D eigenvalue weighted by Gasteiger charge is -2.31. The number of sulfonamides is 1. The van der Waals surface area contributed by atoms with Crippen molar-refractivity contribution < 1.29 is 18.0 Å². The number of carbonyl (C=O) groups excluding carboxylic acids is 2. The van der Waals surface area contributed by atoms with E-state index in [-0.39, 0.29) is 37.4 Å². The summed E-state index contributed by atoms with van der Waals surface area (Å²) in [7, 11) is -3.70. The topological polar surface area (TPSA) is 86.8 Å². The molecule has 1 saturated carbocycles. The lowest BCUT2D eigenvalue weighted by Crippen LogP contribution is -2.50. The third-order valence-electron chi connectivity index (χ3n) is 7.89. The Morgan fingerprint density at radius 2 is 1.75 bits per heavy atom. The summed E-state index contributed by atoms with van der Waals surface area (Å²) in [6.45, 7) is 2.07. The van der Waals surface area contributed by atoms with Gasteiger partial charge in [-0.05, 0) is 61.4 Å². The number of carbonyl (C=O) groups is 2. The standard InChI is InChI=1S/C30H33Cl2N3O4S/c1-20(30(37)33-23-10-3-2-4-11-23)34(19-21-15-16-24(31)25(32)18-21)28(36)14-7-17-35-26-12-5-8-22-9-6-13-27(29(22)26)40(35,38)39/h5-6,8-9,12-13,15-16,18,20,23H,2-4,7,10-11,14,17,19H2,1H3,(H,33,37). The van der Waals surface area contributed by atoms with Crippen molar-refractivity contribution in [3.05, 3.63) is 70.2 Å². The first-order valence-electron chi connectivity index (χ1n) is 13.7. The highest BCUT2D eigenvalue weighted by Crippen LogP contribution is 2.42. The van der Waals surface area contributed by atoms with Crippen LogP contribution in [0.25, 0.3) is 10.8 Å². The fraction of sp³-hybridized carbons (Fsp3) is 0.400. The highest BCUT2D eigenvalue weighted by atomic mass is 35.5.